The smallest absolute Gasteiger partial charge is 0.416 e. The first-order valence-electron chi connectivity index (χ1n) is 11.8. The Bertz CT molecular complexity index is 1310. The zero-order valence-electron chi connectivity index (χ0n) is 21.2. The van der Waals surface area contributed by atoms with Crippen molar-refractivity contribution in [2.75, 3.05) is 40.3 Å². The number of ether oxygens (including phenoxy) is 2. The molecule has 2 aliphatic rings. The Morgan fingerprint density at radius 2 is 1.67 bits per heavy atom. The fourth-order valence-electron chi connectivity index (χ4n) is 4.11. The summed E-state index contributed by atoms with van der Waals surface area (Å²) in [7, 11) is 3.37. The lowest BCUT2D eigenvalue weighted by Crippen LogP contribution is -2.46. The van der Waals surface area contributed by atoms with Gasteiger partial charge >= 0.3 is 12.4 Å². The van der Waals surface area contributed by atoms with E-state index in [1.165, 1.54) is 24.9 Å². The fourth-order valence-corrected chi connectivity index (χ4v) is 5.14. The second-order valence-electron chi connectivity index (χ2n) is 9.07. The molecule has 2 aromatic rings. The molecule has 2 aromatic carbocycles. The largest absolute Gasteiger partial charge is 0.493 e. The van der Waals surface area contributed by atoms with Crippen LogP contribution in [0.4, 0.5) is 26.3 Å². The van der Waals surface area contributed by atoms with E-state index in [4.69, 9.17) is 9.47 Å². The minimum atomic E-state index is -5.01. The Kier molecular flexibility index (Phi) is 8.22. The lowest BCUT2D eigenvalue weighted by Gasteiger charge is -2.33. The maximum absolute atomic E-state index is 13.5. The molecule has 0 atom stereocenters. The number of allylic oxidation sites excluding steroid dienone is 1. The lowest BCUT2D eigenvalue weighted by molar-refractivity contribution is -0.143. The van der Waals surface area contributed by atoms with Crippen LogP contribution in [0.25, 0.3) is 5.57 Å². The molecule has 0 unspecified atom stereocenters. The zero-order valence-corrected chi connectivity index (χ0v) is 22.1. The summed E-state index contributed by atoms with van der Waals surface area (Å²) >= 11 is 1.29. The van der Waals surface area contributed by atoms with E-state index in [9.17, 15) is 31.1 Å². The zero-order chi connectivity index (χ0) is 28.5. The van der Waals surface area contributed by atoms with Gasteiger partial charge in [-0.1, -0.05) is 12.1 Å². The number of rotatable bonds is 5. The molecule has 2 aliphatic heterocycles. The molecule has 2 heterocycles. The first-order valence-corrected chi connectivity index (χ1v) is 12.6. The van der Waals surface area contributed by atoms with Crippen molar-refractivity contribution in [1.29, 1.82) is 0 Å². The topological polar surface area (TPSA) is 54.4 Å². The number of halogens is 6. The minimum Gasteiger partial charge on any atom is -0.493 e. The monoisotopic (exact) mass is 573 g/mol. The average molecular weight is 574 g/mol. The summed E-state index contributed by atoms with van der Waals surface area (Å²) in [6.45, 7) is 4.37. The molecule has 0 aromatic heterocycles. The lowest BCUT2D eigenvalue weighted by atomic mass is 10.0. The van der Waals surface area contributed by atoms with Crippen molar-refractivity contribution in [2.24, 2.45) is 4.99 Å². The number of aliphatic imine (C=N–C) groups is 1. The molecular weight excluding hydrogens is 548 g/mol. The molecular formula is C26H25F6N3O3S. The van der Waals surface area contributed by atoms with E-state index >= 15 is 0 Å². The number of likely N-dealkylation sites (N-methyl/N-ethyl adjacent to an activating group) is 1. The number of amides is 1. The summed E-state index contributed by atoms with van der Waals surface area (Å²) < 4.78 is 90.2. The summed E-state index contributed by atoms with van der Waals surface area (Å²) in [5.74, 6) is -0.0804. The maximum atomic E-state index is 13.5. The van der Waals surface area contributed by atoms with E-state index in [1.54, 1.807) is 19.1 Å². The van der Waals surface area contributed by atoms with Crippen LogP contribution < -0.4 is 9.47 Å². The van der Waals surface area contributed by atoms with E-state index in [1.807, 2.05) is 7.05 Å². The standard InChI is InChI=1S/C26H25F6N3O3S/c1-15(22-23(36)33-24(39-22)35-10-8-34(2)9-11-35)16-5-7-20(21(12-16)37-3)38-14-17-4-6-18(25(27,28)29)13-19(17)26(30,31)32/h4-7,12-13H,8-11,14H2,1-3H3/b22-15+. The van der Waals surface area contributed by atoms with Crippen LogP contribution in [-0.2, 0) is 23.8 Å². The highest BCUT2D eigenvalue weighted by molar-refractivity contribution is 8.18. The third kappa shape index (κ3) is 6.52. The Labute approximate surface area is 225 Å². The highest BCUT2D eigenvalue weighted by atomic mass is 32.2. The van der Waals surface area contributed by atoms with E-state index in [-0.39, 0.29) is 23.5 Å². The Balaban J connectivity index is 1.53. The van der Waals surface area contributed by atoms with Gasteiger partial charge in [0.15, 0.2) is 16.7 Å². The van der Waals surface area contributed by atoms with Crippen molar-refractivity contribution >= 4 is 28.4 Å². The number of amidine groups is 1. The summed E-state index contributed by atoms with van der Waals surface area (Å²) in [6.07, 6.45) is -9.92. The summed E-state index contributed by atoms with van der Waals surface area (Å²) in [4.78, 5) is 21.6. The van der Waals surface area contributed by atoms with Gasteiger partial charge in [-0.25, -0.2) is 0 Å². The number of methoxy groups -OCH3 is 1. The first-order chi connectivity index (χ1) is 18.3. The Morgan fingerprint density at radius 1 is 0.974 bits per heavy atom. The van der Waals surface area contributed by atoms with Crippen LogP contribution in [0, 0.1) is 0 Å². The second-order valence-corrected chi connectivity index (χ2v) is 10.0. The third-order valence-electron chi connectivity index (χ3n) is 6.42. The number of piperazine rings is 1. The molecule has 210 valence electrons. The van der Waals surface area contributed by atoms with Gasteiger partial charge in [0.2, 0.25) is 0 Å². The summed E-state index contributed by atoms with van der Waals surface area (Å²) in [5, 5.41) is 0.645. The van der Waals surface area contributed by atoms with Gasteiger partial charge < -0.3 is 19.3 Å². The predicted molar refractivity (Wildman–Crippen MR) is 135 cm³/mol. The highest BCUT2D eigenvalue weighted by Crippen LogP contribution is 2.40. The predicted octanol–water partition coefficient (Wildman–Crippen LogP) is 5.92. The van der Waals surface area contributed by atoms with Gasteiger partial charge in [-0.3, -0.25) is 4.79 Å². The molecule has 6 nitrogen and oxygen atoms in total. The summed E-state index contributed by atoms with van der Waals surface area (Å²) in [6, 6.07) is 6.09. The second kappa shape index (κ2) is 11.1. The molecule has 1 fully saturated rings. The number of alkyl halides is 6. The van der Waals surface area contributed by atoms with Crippen LogP contribution in [-0.4, -0.2) is 61.2 Å². The van der Waals surface area contributed by atoms with Crippen LogP contribution in [0.3, 0.4) is 0 Å². The van der Waals surface area contributed by atoms with Gasteiger partial charge in [0.1, 0.15) is 6.61 Å². The highest BCUT2D eigenvalue weighted by Gasteiger charge is 2.38. The van der Waals surface area contributed by atoms with Crippen LogP contribution in [0.2, 0.25) is 0 Å². The number of hydrogen-bond donors (Lipinski definition) is 0. The third-order valence-corrected chi connectivity index (χ3v) is 7.64. The average Bonchev–Trinajstić information content (AvgIpc) is 3.27. The van der Waals surface area contributed by atoms with Gasteiger partial charge in [0, 0.05) is 31.7 Å². The quantitative estimate of drug-likeness (QED) is 0.327. The van der Waals surface area contributed by atoms with Gasteiger partial charge in [-0.2, -0.15) is 31.3 Å². The SMILES string of the molecule is COc1cc(/C(C)=C2/SC(N3CCN(C)CC3)=NC2=O)ccc1OCc1ccc(C(F)(F)F)cc1C(F)(F)F. The van der Waals surface area contributed by atoms with Crippen molar-refractivity contribution in [3.63, 3.8) is 0 Å². The number of carbonyl (C=O) groups is 1. The number of nitrogens with zero attached hydrogens (tertiary/aromatic N) is 3. The van der Waals surface area contributed by atoms with Crippen molar-refractivity contribution in [3.05, 3.63) is 63.6 Å². The number of hydrogen-bond acceptors (Lipinski definition) is 6. The molecule has 1 amide bonds. The van der Waals surface area contributed by atoms with E-state index in [0.29, 0.717) is 27.3 Å². The first kappa shape index (κ1) is 28.8. The van der Waals surface area contributed by atoms with Crippen molar-refractivity contribution < 1.29 is 40.6 Å². The van der Waals surface area contributed by atoms with Crippen LogP contribution in [0.5, 0.6) is 11.5 Å². The van der Waals surface area contributed by atoms with Crippen LogP contribution in [0.1, 0.15) is 29.2 Å². The minimum absolute atomic E-state index is 0.0727. The van der Waals surface area contributed by atoms with E-state index < -0.39 is 35.6 Å². The molecule has 13 heteroatoms. The van der Waals surface area contributed by atoms with Crippen LogP contribution in [0.15, 0.2) is 46.3 Å². The van der Waals surface area contributed by atoms with Crippen molar-refractivity contribution in [3.8, 4) is 11.5 Å². The van der Waals surface area contributed by atoms with Gasteiger partial charge in [0.05, 0.1) is 23.1 Å². The normalized spacial score (nSPS) is 18.3. The number of benzene rings is 2. The van der Waals surface area contributed by atoms with Crippen LogP contribution >= 0.6 is 11.8 Å². The maximum Gasteiger partial charge on any atom is 0.416 e. The van der Waals surface area contributed by atoms with Gasteiger partial charge in [0.25, 0.3) is 5.91 Å². The molecule has 1 saturated heterocycles. The molecule has 0 spiro atoms. The molecule has 0 radical (unpaired) electrons. The fraction of sp³-hybridized carbons (Fsp3) is 0.385. The molecule has 39 heavy (non-hydrogen) atoms. The summed E-state index contributed by atoms with van der Waals surface area (Å²) in [5.41, 5.74) is -2.02. The van der Waals surface area contributed by atoms with Gasteiger partial charge in [-0.15, -0.1) is 0 Å². The molecule has 0 N–H and O–H groups in total. The number of thioether (sulfide) groups is 1. The Morgan fingerprint density at radius 3 is 2.28 bits per heavy atom. The van der Waals surface area contributed by atoms with Crippen molar-refractivity contribution in [2.45, 2.75) is 25.9 Å². The molecule has 4 rings (SSSR count). The number of carbonyl (C=O) groups excluding carboxylic acids is 1. The van der Waals surface area contributed by atoms with E-state index in [2.05, 4.69) is 14.8 Å². The van der Waals surface area contributed by atoms with Crippen molar-refractivity contribution in [1.82, 2.24) is 9.80 Å². The van der Waals surface area contributed by atoms with Gasteiger partial charge in [-0.05, 0) is 61.1 Å². The van der Waals surface area contributed by atoms with E-state index in [0.717, 1.165) is 32.2 Å². The Hall–Kier alpha value is -3.19. The molecule has 0 saturated carbocycles. The molecule has 0 bridgehead atoms. The molecule has 0 aliphatic carbocycles.